The summed E-state index contributed by atoms with van der Waals surface area (Å²) in [4.78, 5) is 24.5. The van der Waals surface area contributed by atoms with Gasteiger partial charge < -0.3 is 18.9 Å². The van der Waals surface area contributed by atoms with Crippen molar-refractivity contribution < 1.29 is 28.5 Å². The summed E-state index contributed by atoms with van der Waals surface area (Å²) in [6, 6.07) is 19.5. The Morgan fingerprint density at radius 2 is 1.43 bits per heavy atom. The van der Waals surface area contributed by atoms with E-state index in [9.17, 15) is 9.59 Å². The lowest BCUT2D eigenvalue weighted by Crippen LogP contribution is -2.59. The van der Waals surface area contributed by atoms with E-state index in [0.717, 1.165) is 10.5 Å². The van der Waals surface area contributed by atoms with E-state index < -0.39 is 41.8 Å². The Kier molecular flexibility index (Phi) is 7.90. The predicted molar refractivity (Wildman–Crippen MR) is 113 cm³/mol. The molecule has 2 aromatic rings. The van der Waals surface area contributed by atoms with Crippen molar-refractivity contribution >= 4 is 23.7 Å². The van der Waals surface area contributed by atoms with E-state index in [1.165, 1.54) is 25.6 Å². The topological polar surface area (TPSA) is 71.1 Å². The van der Waals surface area contributed by atoms with Gasteiger partial charge in [0.25, 0.3) is 0 Å². The Morgan fingerprint density at radius 1 is 0.867 bits per heavy atom. The lowest BCUT2D eigenvalue weighted by atomic mass is 10.00. The first-order chi connectivity index (χ1) is 14.4. The van der Waals surface area contributed by atoms with Crippen molar-refractivity contribution in [3.63, 3.8) is 0 Å². The summed E-state index contributed by atoms with van der Waals surface area (Å²) in [5.74, 6) is -0.938. The zero-order chi connectivity index (χ0) is 21.5. The van der Waals surface area contributed by atoms with Crippen LogP contribution in [0.15, 0.2) is 65.6 Å². The molecule has 0 aliphatic carbocycles. The average Bonchev–Trinajstić information content (AvgIpc) is 2.71. The molecule has 1 aliphatic heterocycles. The fraction of sp³-hybridized carbons (Fsp3) is 0.391. The molecule has 30 heavy (non-hydrogen) atoms. The van der Waals surface area contributed by atoms with Crippen molar-refractivity contribution in [3.05, 3.63) is 66.2 Å². The maximum atomic E-state index is 11.9. The molecule has 1 saturated heterocycles. The molecular weight excluding hydrogens is 404 g/mol. The van der Waals surface area contributed by atoms with Crippen LogP contribution < -0.4 is 0 Å². The van der Waals surface area contributed by atoms with Gasteiger partial charge in [0.05, 0.1) is 12.7 Å². The maximum Gasteiger partial charge on any atom is 0.303 e. The van der Waals surface area contributed by atoms with Gasteiger partial charge in [0.2, 0.25) is 0 Å². The summed E-state index contributed by atoms with van der Waals surface area (Å²) in [7, 11) is 0. The van der Waals surface area contributed by atoms with E-state index in [1.54, 1.807) is 6.92 Å². The van der Waals surface area contributed by atoms with Gasteiger partial charge in [0.15, 0.2) is 12.2 Å². The SMILES string of the molecule is CC(=O)O[C@@H]1[C@H](OC(C)=O)[C@H](C)OC(Sc2ccccc2)[C@H]1OCc1ccccc1. The van der Waals surface area contributed by atoms with E-state index in [1.807, 2.05) is 60.7 Å². The maximum absolute atomic E-state index is 11.9. The molecule has 0 N–H and O–H groups in total. The van der Waals surface area contributed by atoms with Gasteiger partial charge in [-0.05, 0) is 24.6 Å². The minimum Gasteiger partial charge on any atom is -0.456 e. The van der Waals surface area contributed by atoms with Crippen LogP contribution in [0, 0.1) is 0 Å². The van der Waals surface area contributed by atoms with Crippen LogP contribution in [0.2, 0.25) is 0 Å². The molecule has 6 nitrogen and oxygen atoms in total. The minimum absolute atomic E-state index is 0.305. The first kappa shape index (κ1) is 22.3. The van der Waals surface area contributed by atoms with Crippen LogP contribution in [0.1, 0.15) is 26.3 Å². The van der Waals surface area contributed by atoms with Gasteiger partial charge in [-0.15, -0.1) is 0 Å². The fourth-order valence-corrected chi connectivity index (χ4v) is 4.50. The first-order valence-corrected chi connectivity index (χ1v) is 10.7. The van der Waals surface area contributed by atoms with Gasteiger partial charge in [-0.25, -0.2) is 0 Å². The summed E-state index contributed by atoms with van der Waals surface area (Å²) in [6.45, 7) is 4.76. The third kappa shape index (κ3) is 6.08. The molecule has 0 radical (unpaired) electrons. The highest BCUT2D eigenvalue weighted by atomic mass is 32.2. The highest BCUT2D eigenvalue weighted by molar-refractivity contribution is 7.99. The Balaban J connectivity index is 1.88. The Morgan fingerprint density at radius 3 is 2.03 bits per heavy atom. The molecule has 1 fully saturated rings. The average molecular weight is 431 g/mol. The van der Waals surface area contributed by atoms with Crippen molar-refractivity contribution in [2.45, 2.75) is 62.1 Å². The second-order valence-electron chi connectivity index (χ2n) is 7.05. The number of thioether (sulfide) groups is 1. The molecule has 3 rings (SSSR count). The van der Waals surface area contributed by atoms with E-state index >= 15 is 0 Å². The highest BCUT2D eigenvalue weighted by Crippen LogP contribution is 2.37. The lowest BCUT2D eigenvalue weighted by molar-refractivity contribution is -0.232. The van der Waals surface area contributed by atoms with Gasteiger partial charge in [-0.1, -0.05) is 60.3 Å². The number of rotatable bonds is 7. The van der Waals surface area contributed by atoms with Crippen LogP contribution in [-0.2, 0) is 35.1 Å². The molecule has 0 bridgehead atoms. The van der Waals surface area contributed by atoms with Crippen molar-refractivity contribution in [1.82, 2.24) is 0 Å². The van der Waals surface area contributed by atoms with E-state index in [4.69, 9.17) is 18.9 Å². The van der Waals surface area contributed by atoms with Crippen molar-refractivity contribution in [1.29, 1.82) is 0 Å². The number of hydrogen-bond acceptors (Lipinski definition) is 7. The molecule has 0 spiro atoms. The fourth-order valence-electron chi connectivity index (χ4n) is 3.32. The predicted octanol–water partition coefficient (Wildman–Crippen LogP) is 3.97. The van der Waals surface area contributed by atoms with E-state index in [-0.39, 0.29) is 0 Å². The van der Waals surface area contributed by atoms with Gasteiger partial charge in [0.1, 0.15) is 11.5 Å². The van der Waals surface area contributed by atoms with Crippen molar-refractivity contribution in [2.75, 3.05) is 0 Å². The number of benzene rings is 2. The Hall–Kier alpha value is -2.35. The van der Waals surface area contributed by atoms with Crippen LogP contribution in [0.5, 0.6) is 0 Å². The summed E-state index contributed by atoms with van der Waals surface area (Å²) in [5, 5.41) is 0. The first-order valence-electron chi connectivity index (χ1n) is 9.81. The number of esters is 2. The molecule has 1 unspecified atom stereocenters. The Labute approximate surface area is 180 Å². The normalized spacial score (nSPS) is 26.0. The van der Waals surface area contributed by atoms with Crippen LogP contribution in [0.25, 0.3) is 0 Å². The summed E-state index contributed by atoms with van der Waals surface area (Å²) >= 11 is 1.48. The van der Waals surface area contributed by atoms with E-state index in [2.05, 4.69) is 0 Å². The van der Waals surface area contributed by atoms with Crippen molar-refractivity contribution in [2.24, 2.45) is 0 Å². The van der Waals surface area contributed by atoms with Gasteiger partial charge >= 0.3 is 11.9 Å². The zero-order valence-electron chi connectivity index (χ0n) is 17.2. The number of carbonyl (C=O) groups excluding carboxylic acids is 2. The zero-order valence-corrected chi connectivity index (χ0v) is 18.0. The van der Waals surface area contributed by atoms with Gasteiger partial charge in [-0.3, -0.25) is 9.59 Å². The molecule has 0 amide bonds. The summed E-state index contributed by atoms with van der Waals surface area (Å²) in [5.41, 5.74) is 0.521. The summed E-state index contributed by atoms with van der Waals surface area (Å²) in [6.07, 6.45) is -2.67. The van der Waals surface area contributed by atoms with Gasteiger partial charge in [0, 0.05) is 18.7 Å². The molecule has 7 heteroatoms. The third-order valence-electron chi connectivity index (χ3n) is 4.61. The monoisotopic (exact) mass is 430 g/mol. The smallest absolute Gasteiger partial charge is 0.303 e. The minimum atomic E-state index is -0.792. The van der Waals surface area contributed by atoms with E-state index in [0.29, 0.717) is 6.61 Å². The van der Waals surface area contributed by atoms with Crippen molar-refractivity contribution in [3.8, 4) is 0 Å². The molecule has 0 saturated carbocycles. The molecule has 0 aromatic heterocycles. The van der Waals surface area contributed by atoms with Gasteiger partial charge in [-0.2, -0.15) is 0 Å². The second kappa shape index (κ2) is 10.6. The number of hydrogen-bond donors (Lipinski definition) is 0. The third-order valence-corrected chi connectivity index (χ3v) is 5.77. The molecule has 5 atom stereocenters. The highest BCUT2D eigenvalue weighted by Gasteiger charge is 2.49. The van der Waals surface area contributed by atoms with Crippen LogP contribution in [-0.4, -0.2) is 41.8 Å². The summed E-state index contributed by atoms with van der Waals surface area (Å²) < 4.78 is 23.5. The second-order valence-corrected chi connectivity index (χ2v) is 8.22. The molecule has 160 valence electrons. The standard InChI is InChI=1S/C23H26O6S/c1-15-20(28-16(2)24)21(29-17(3)25)22(26-14-18-10-6-4-7-11-18)23(27-15)30-19-12-8-5-9-13-19/h4-13,15,20-23H,14H2,1-3H3/t15-,20+,21+,22-,23?/m0/s1. The van der Waals surface area contributed by atoms with Crippen LogP contribution in [0.4, 0.5) is 0 Å². The van der Waals surface area contributed by atoms with Crippen LogP contribution in [0.3, 0.4) is 0 Å². The largest absolute Gasteiger partial charge is 0.456 e. The molecular formula is C23H26O6S. The Bertz CT molecular complexity index is 828. The number of ether oxygens (including phenoxy) is 4. The molecule has 1 aliphatic rings. The number of carbonyl (C=O) groups is 2. The quantitative estimate of drug-likeness (QED) is 0.616. The molecule has 2 aromatic carbocycles. The van der Waals surface area contributed by atoms with Crippen LogP contribution >= 0.6 is 11.8 Å². The molecule has 1 heterocycles. The lowest BCUT2D eigenvalue weighted by Gasteiger charge is -2.44.